The first-order chi connectivity index (χ1) is 6.50. The van der Waals surface area contributed by atoms with Crippen LogP contribution in [0, 0.1) is 0 Å². The van der Waals surface area contributed by atoms with Crippen LogP contribution in [0.25, 0.3) is 6.08 Å². The second kappa shape index (κ2) is 6.00. The maximum absolute atomic E-state index is 2.54. The SMILES string of the molecule is CC1=Cc2ccccc2[CH]1[Zr]([CH3])([CH3])=[SiH2].Cl.Cl. The van der Waals surface area contributed by atoms with Crippen molar-refractivity contribution < 1.29 is 18.9 Å². The number of benzene rings is 1. The molecule has 0 radical (unpaired) electrons. The summed E-state index contributed by atoms with van der Waals surface area (Å²) in [6.07, 6.45) is 2.38. The minimum atomic E-state index is -1.81. The Balaban J connectivity index is 0.00000112. The Kier molecular flexibility index (Phi) is 6.24. The average molecular weight is 354 g/mol. The zero-order valence-electron chi connectivity index (χ0n) is 9.99. The van der Waals surface area contributed by atoms with Crippen LogP contribution in [-0.2, 0) is 18.9 Å². The van der Waals surface area contributed by atoms with Gasteiger partial charge in [-0.3, -0.25) is 0 Å². The number of fused-ring (bicyclic) bond motifs is 1. The van der Waals surface area contributed by atoms with Crippen molar-refractivity contribution in [1.82, 2.24) is 0 Å². The maximum Gasteiger partial charge on any atom is -0.147 e. The van der Waals surface area contributed by atoms with Gasteiger partial charge in [0.2, 0.25) is 0 Å². The molecule has 0 spiro atoms. The second-order valence-corrected chi connectivity index (χ2v) is 26.9. The van der Waals surface area contributed by atoms with Gasteiger partial charge in [-0.15, -0.1) is 24.8 Å². The van der Waals surface area contributed by atoms with Gasteiger partial charge in [-0.25, -0.2) is 0 Å². The molecule has 16 heavy (non-hydrogen) atoms. The van der Waals surface area contributed by atoms with Crippen molar-refractivity contribution in [2.24, 2.45) is 0 Å². The third kappa shape index (κ3) is 3.10. The van der Waals surface area contributed by atoms with E-state index in [-0.39, 0.29) is 24.8 Å². The molecule has 0 aliphatic heterocycles. The van der Waals surface area contributed by atoms with Gasteiger partial charge in [-0.1, -0.05) is 0 Å². The van der Waals surface area contributed by atoms with Crippen LogP contribution in [0.3, 0.4) is 0 Å². The molecule has 0 bridgehead atoms. The van der Waals surface area contributed by atoms with Crippen LogP contribution in [0.5, 0.6) is 0 Å². The largest absolute Gasteiger partial charge is 0.147 e. The van der Waals surface area contributed by atoms with E-state index in [0.717, 1.165) is 3.63 Å². The standard InChI is InChI=1S/C10H9.2CH3.2ClH.H2Si.Zr/c1-8-6-9-4-2-3-5-10(9)7-8;;;;;;/h2-7H,1H3;2*1H3;2*1H;1H2;. The van der Waals surface area contributed by atoms with Gasteiger partial charge < -0.3 is 0 Å². The molecule has 0 saturated heterocycles. The van der Waals surface area contributed by atoms with Crippen molar-refractivity contribution in [3.8, 4) is 0 Å². The molecule has 0 fully saturated rings. The van der Waals surface area contributed by atoms with E-state index in [4.69, 9.17) is 0 Å². The molecule has 0 heterocycles. The Morgan fingerprint density at radius 1 is 1.12 bits per heavy atom. The fourth-order valence-corrected chi connectivity index (χ4v) is 11.7. The summed E-state index contributed by atoms with van der Waals surface area (Å²) in [5, 5.41) is 0. The molecule has 0 aromatic heterocycles. The number of rotatable bonds is 1. The first-order valence-electron chi connectivity index (χ1n) is 5.12. The first kappa shape index (κ1) is 16.6. The number of hydrogen-bond acceptors (Lipinski definition) is 0. The van der Waals surface area contributed by atoms with E-state index < -0.39 is 18.9 Å². The molecule has 1 aliphatic rings. The van der Waals surface area contributed by atoms with Crippen LogP contribution in [0.2, 0.25) is 9.26 Å². The molecule has 0 nitrogen and oxygen atoms in total. The monoisotopic (exact) mass is 351 g/mol. The van der Waals surface area contributed by atoms with Crippen LogP contribution in [0.15, 0.2) is 29.8 Å². The summed E-state index contributed by atoms with van der Waals surface area (Å²) in [6.45, 7) is 4.61. The van der Waals surface area contributed by atoms with E-state index in [0.29, 0.717) is 0 Å². The van der Waals surface area contributed by atoms with Crippen molar-refractivity contribution in [1.29, 1.82) is 0 Å². The molecule has 1 unspecified atom stereocenters. The van der Waals surface area contributed by atoms with Crippen LogP contribution in [0.1, 0.15) is 21.7 Å². The number of hydrogen-bond donors (Lipinski definition) is 0. The molecule has 89 valence electrons. The van der Waals surface area contributed by atoms with Gasteiger partial charge in [-0.05, 0) is 0 Å². The van der Waals surface area contributed by atoms with Crippen LogP contribution >= 0.6 is 24.8 Å². The predicted molar refractivity (Wildman–Crippen MR) is 77.6 cm³/mol. The molecule has 1 aromatic carbocycles. The molecule has 2 rings (SSSR count). The molecular weight excluding hydrogens is 334 g/mol. The zero-order valence-corrected chi connectivity index (χ0v) is 15.5. The van der Waals surface area contributed by atoms with Crippen LogP contribution in [0.4, 0.5) is 0 Å². The first-order valence-corrected chi connectivity index (χ1v) is 17.4. The van der Waals surface area contributed by atoms with E-state index in [9.17, 15) is 0 Å². The Labute approximate surface area is 116 Å². The number of halogens is 2. The third-order valence-corrected chi connectivity index (χ3v) is 11.1. The molecule has 0 saturated carbocycles. The van der Waals surface area contributed by atoms with E-state index >= 15 is 0 Å². The quantitative estimate of drug-likeness (QED) is 0.674. The van der Waals surface area contributed by atoms with Crippen molar-refractivity contribution in [2.45, 2.75) is 19.8 Å². The van der Waals surface area contributed by atoms with Crippen LogP contribution in [-0.4, -0.2) is 6.88 Å². The smallest absolute Gasteiger partial charge is 0.147 e. The van der Waals surface area contributed by atoms with Crippen molar-refractivity contribution >= 4 is 37.8 Å². The van der Waals surface area contributed by atoms with Gasteiger partial charge in [-0.2, -0.15) is 0 Å². The summed E-state index contributed by atoms with van der Waals surface area (Å²) in [7, 11) is 0. The van der Waals surface area contributed by atoms with E-state index in [2.05, 4.69) is 53.4 Å². The Hall–Kier alpha value is 0.640. The van der Waals surface area contributed by atoms with Gasteiger partial charge >= 0.3 is 92.6 Å². The molecule has 1 aliphatic carbocycles. The van der Waals surface area contributed by atoms with E-state index in [1.54, 1.807) is 11.1 Å². The Morgan fingerprint density at radius 3 is 2.25 bits per heavy atom. The topological polar surface area (TPSA) is 0 Å². The van der Waals surface area contributed by atoms with Gasteiger partial charge in [0.15, 0.2) is 0 Å². The maximum atomic E-state index is 2.54. The summed E-state index contributed by atoms with van der Waals surface area (Å²) in [5.74, 6) is 0. The molecule has 4 heteroatoms. The molecular formula is C12H19Cl2SiZr. The zero-order chi connectivity index (χ0) is 10.3. The molecule has 1 aromatic rings. The predicted octanol–water partition coefficient (Wildman–Crippen LogP) is 3.79. The van der Waals surface area contributed by atoms with E-state index in [1.165, 1.54) is 5.56 Å². The minimum absolute atomic E-state index is 0. The average Bonchev–Trinajstić information content (AvgIpc) is 2.38. The second-order valence-electron chi connectivity index (χ2n) is 4.94. The molecule has 0 amide bonds. The molecule has 1 atom stereocenters. The fraction of sp³-hybridized carbons (Fsp3) is 0.333. The van der Waals surface area contributed by atoms with Crippen molar-refractivity contribution in [2.75, 3.05) is 0 Å². The van der Waals surface area contributed by atoms with Gasteiger partial charge in [0, 0.05) is 0 Å². The van der Waals surface area contributed by atoms with E-state index in [1.807, 2.05) is 0 Å². The Bertz CT molecular complexity index is 448. The summed E-state index contributed by atoms with van der Waals surface area (Å²) in [6, 6.07) is 8.89. The van der Waals surface area contributed by atoms with Gasteiger partial charge in [0.1, 0.15) is 0 Å². The van der Waals surface area contributed by atoms with Crippen molar-refractivity contribution in [3.63, 3.8) is 0 Å². The van der Waals surface area contributed by atoms with Gasteiger partial charge in [0.25, 0.3) is 0 Å². The summed E-state index contributed by atoms with van der Waals surface area (Å²) < 4.78 is 5.90. The number of allylic oxidation sites excluding steroid dienone is 1. The summed E-state index contributed by atoms with van der Waals surface area (Å²) in [5.41, 5.74) is 4.66. The minimum Gasteiger partial charge on any atom is -0.147 e. The third-order valence-electron chi connectivity index (χ3n) is 2.93. The molecule has 0 N–H and O–H groups in total. The Morgan fingerprint density at radius 2 is 1.69 bits per heavy atom. The van der Waals surface area contributed by atoms with Gasteiger partial charge in [0.05, 0.1) is 0 Å². The summed E-state index contributed by atoms with van der Waals surface area (Å²) >= 11 is -1.81. The fourth-order valence-electron chi connectivity index (χ4n) is 2.52. The van der Waals surface area contributed by atoms with Crippen molar-refractivity contribution in [3.05, 3.63) is 41.0 Å². The summed E-state index contributed by atoms with van der Waals surface area (Å²) in [4.78, 5) is 0. The van der Waals surface area contributed by atoms with Crippen LogP contribution < -0.4 is 0 Å². The normalized spacial score (nSPS) is 17.9.